The third kappa shape index (κ3) is 3.28. The quantitative estimate of drug-likeness (QED) is 0.912. The molecule has 1 aromatic heterocycles. The Morgan fingerprint density at radius 1 is 1.24 bits per heavy atom. The maximum atomic E-state index is 12.4. The SMILES string of the molecule is CCNc1ccc(C(=O)N(C)c2ccccc2OC)nn1. The van der Waals surface area contributed by atoms with Crippen LogP contribution in [0.25, 0.3) is 0 Å². The zero-order valence-corrected chi connectivity index (χ0v) is 12.3. The van der Waals surface area contributed by atoms with Gasteiger partial charge >= 0.3 is 0 Å². The molecule has 0 atom stereocenters. The molecular formula is C15H18N4O2. The molecule has 110 valence electrons. The van der Waals surface area contributed by atoms with Gasteiger partial charge in [-0.15, -0.1) is 10.2 Å². The van der Waals surface area contributed by atoms with Gasteiger partial charge in [-0.3, -0.25) is 4.79 Å². The number of benzene rings is 1. The van der Waals surface area contributed by atoms with Crippen molar-refractivity contribution in [3.63, 3.8) is 0 Å². The second-order valence-electron chi connectivity index (χ2n) is 4.37. The molecule has 1 heterocycles. The molecule has 2 rings (SSSR count). The Balaban J connectivity index is 2.22. The van der Waals surface area contributed by atoms with Crippen molar-refractivity contribution in [1.29, 1.82) is 0 Å². The van der Waals surface area contributed by atoms with Crippen molar-refractivity contribution >= 4 is 17.4 Å². The van der Waals surface area contributed by atoms with Crippen molar-refractivity contribution in [1.82, 2.24) is 10.2 Å². The monoisotopic (exact) mass is 286 g/mol. The van der Waals surface area contributed by atoms with Gasteiger partial charge in [0, 0.05) is 13.6 Å². The highest BCUT2D eigenvalue weighted by molar-refractivity contribution is 6.05. The van der Waals surface area contributed by atoms with Gasteiger partial charge < -0.3 is 15.0 Å². The fourth-order valence-corrected chi connectivity index (χ4v) is 1.91. The Kier molecular flexibility index (Phi) is 4.71. The number of nitrogens with one attached hydrogen (secondary N) is 1. The predicted molar refractivity (Wildman–Crippen MR) is 81.9 cm³/mol. The summed E-state index contributed by atoms with van der Waals surface area (Å²) in [7, 11) is 3.25. The lowest BCUT2D eigenvalue weighted by Gasteiger charge is -2.19. The average Bonchev–Trinajstić information content (AvgIpc) is 2.54. The lowest BCUT2D eigenvalue weighted by molar-refractivity contribution is 0.0986. The number of ether oxygens (including phenoxy) is 1. The van der Waals surface area contributed by atoms with Crippen molar-refractivity contribution in [3.05, 3.63) is 42.1 Å². The smallest absolute Gasteiger partial charge is 0.278 e. The molecule has 1 amide bonds. The number of nitrogens with zero attached hydrogens (tertiary/aromatic N) is 3. The van der Waals surface area contributed by atoms with Gasteiger partial charge in [0.2, 0.25) is 0 Å². The summed E-state index contributed by atoms with van der Waals surface area (Å²) in [6, 6.07) is 10.7. The molecule has 0 saturated heterocycles. The van der Waals surface area contributed by atoms with E-state index in [4.69, 9.17) is 4.74 Å². The van der Waals surface area contributed by atoms with Gasteiger partial charge in [-0.2, -0.15) is 0 Å². The topological polar surface area (TPSA) is 67.4 Å². The normalized spacial score (nSPS) is 10.0. The number of carbonyl (C=O) groups is 1. The molecule has 21 heavy (non-hydrogen) atoms. The van der Waals surface area contributed by atoms with E-state index in [1.165, 1.54) is 4.90 Å². The average molecular weight is 286 g/mol. The van der Waals surface area contributed by atoms with Gasteiger partial charge in [0.15, 0.2) is 5.69 Å². The fourth-order valence-electron chi connectivity index (χ4n) is 1.91. The molecule has 0 saturated carbocycles. The van der Waals surface area contributed by atoms with E-state index in [0.29, 0.717) is 17.3 Å². The summed E-state index contributed by atoms with van der Waals surface area (Å²) >= 11 is 0. The second-order valence-corrected chi connectivity index (χ2v) is 4.37. The Morgan fingerprint density at radius 3 is 2.62 bits per heavy atom. The van der Waals surface area contributed by atoms with Gasteiger partial charge in [-0.25, -0.2) is 0 Å². The van der Waals surface area contributed by atoms with Crippen molar-refractivity contribution < 1.29 is 9.53 Å². The van der Waals surface area contributed by atoms with Crippen molar-refractivity contribution in [3.8, 4) is 5.75 Å². The van der Waals surface area contributed by atoms with Crippen LogP contribution in [0.2, 0.25) is 0 Å². The molecule has 0 unspecified atom stereocenters. The standard InChI is InChI=1S/C15H18N4O2/c1-4-16-14-10-9-11(17-18-14)15(20)19(2)12-7-5-6-8-13(12)21-3/h5-10H,4H2,1-3H3,(H,16,18). The number of rotatable bonds is 5. The summed E-state index contributed by atoms with van der Waals surface area (Å²) in [5.41, 5.74) is 0.965. The highest BCUT2D eigenvalue weighted by Crippen LogP contribution is 2.27. The Morgan fingerprint density at radius 2 is 2.00 bits per heavy atom. The van der Waals surface area contributed by atoms with Crippen molar-refractivity contribution in [2.45, 2.75) is 6.92 Å². The largest absolute Gasteiger partial charge is 0.495 e. The number of methoxy groups -OCH3 is 1. The number of aromatic nitrogens is 2. The van der Waals surface area contributed by atoms with E-state index in [2.05, 4.69) is 15.5 Å². The third-order valence-electron chi connectivity index (χ3n) is 2.99. The molecule has 0 aliphatic heterocycles. The minimum absolute atomic E-state index is 0.241. The Bertz CT molecular complexity index is 613. The van der Waals surface area contributed by atoms with Crippen LogP contribution in [0, 0.1) is 0 Å². The summed E-state index contributed by atoms with van der Waals surface area (Å²) in [4.78, 5) is 13.9. The molecular weight excluding hydrogens is 268 g/mol. The van der Waals surface area contributed by atoms with E-state index in [-0.39, 0.29) is 11.6 Å². The molecule has 0 fully saturated rings. The fraction of sp³-hybridized carbons (Fsp3) is 0.267. The number of hydrogen-bond donors (Lipinski definition) is 1. The zero-order chi connectivity index (χ0) is 15.2. The first-order valence-electron chi connectivity index (χ1n) is 6.66. The molecule has 0 aliphatic carbocycles. The molecule has 6 heteroatoms. The van der Waals surface area contributed by atoms with Gasteiger partial charge in [-0.1, -0.05) is 12.1 Å². The summed E-state index contributed by atoms with van der Waals surface area (Å²) < 4.78 is 5.26. The Hall–Kier alpha value is -2.63. The van der Waals surface area contributed by atoms with E-state index >= 15 is 0 Å². The van der Waals surface area contributed by atoms with E-state index in [0.717, 1.165) is 6.54 Å². The van der Waals surface area contributed by atoms with Crippen molar-refractivity contribution in [2.24, 2.45) is 0 Å². The first-order chi connectivity index (χ1) is 10.2. The van der Waals surface area contributed by atoms with Crippen LogP contribution in [0.15, 0.2) is 36.4 Å². The predicted octanol–water partition coefficient (Wildman–Crippen LogP) is 2.19. The summed E-state index contributed by atoms with van der Waals surface area (Å²) in [6.07, 6.45) is 0. The molecule has 2 aromatic rings. The van der Waals surface area contributed by atoms with Gasteiger partial charge in [0.25, 0.3) is 5.91 Å². The van der Waals surface area contributed by atoms with Crippen LogP contribution in [0.5, 0.6) is 5.75 Å². The second kappa shape index (κ2) is 6.69. The van der Waals surface area contributed by atoms with Crippen LogP contribution in [0.3, 0.4) is 0 Å². The number of carbonyl (C=O) groups excluding carboxylic acids is 1. The van der Waals surface area contributed by atoms with Crippen LogP contribution >= 0.6 is 0 Å². The number of anilines is 2. The molecule has 0 aliphatic rings. The summed E-state index contributed by atoms with van der Waals surface area (Å²) in [5, 5.41) is 11.0. The lowest BCUT2D eigenvalue weighted by atomic mass is 10.2. The molecule has 1 aromatic carbocycles. The number of hydrogen-bond acceptors (Lipinski definition) is 5. The summed E-state index contributed by atoms with van der Waals surface area (Å²) in [6.45, 7) is 2.72. The number of para-hydroxylation sites is 2. The minimum Gasteiger partial charge on any atom is -0.495 e. The minimum atomic E-state index is -0.241. The van der Waals surface area contributed by atoms with Crippen LogP contribution in [0.4, 0.5) is 11.5 Å². The highest BCUT2D eigenvalue weighted by Gasteiger charge is 2.18. The van der Waals surface area contributed by atoms with Crippen molar-refractivity contribution in [2.75, 3.05) is 30.9 Å². The van der Waals surface area contributed by atoms with E-state index in [1.54, 1.807) is 32.4 Å². The van der Waals surface area contributed by atoms with Gasteiger partial charge in [0.1, 0.15) is 11.6 Å². The van der Waals surface area contributed by atoms with E-state index in [1.807, 2.05) is 25.1 Å². The molecule has 6 nitrogen and oxygen atoms in total. The third-order valence-corrected chi connectivity index (χ3v) is 2.99. The lowest BCUT2D eigenvalue weighted by Crippen LogP contribution is -2.27. The molecule has 1 N–H and O–H groups in total. The Labute approximate surface area is 123 Å². The van der Waals surface area contributed by atoms with Crippen LogP contribution in [0.1, 0.15) is 17.4 Å². The van der Waals surface area contributed by atoms with Crippen LogP contribution < -0.4 is 15.0 Å². The zero-order valence-electron chi connectivity index (χ0n) is 12.3. The maximum absolute atomic E-state index is 12.4. The van der Waals surface area contributed by atoms with Gasteiger partial charge in [-0.05, 0) is 31.2 Å². The summed E-state index contributed by atoms with van der Waals surface area (Å²) in [5.74, 6) is 1.04. The maximum Gasteiger partial charge on any atom is 0.278 e. The van der Waals surface area contributed by atoms with Crippen LogP contribution in [-0.4, -0.2) is 36.8 Å². The van der Waals surface area contributed by atoms with E-state index < -0.39 is 0 Å². The molecule has 0 spiro atoms. The van der Waals surface area contributed by atoms with Gasteiger partial charge in [0.05, 0.1) is 12.8 Å². The highest BCUT2D eigenvalue weighted by atomic mass is 16.5. The molecule has 0 bridgehead atoms. The first kappa shape index (κ1) is 14.8. The van der Waals surface area contributed by atoms with E-state index in [9.17, 15) is 4.79 Å². The molecule has 0 radical (unpaired) electrons. The van der Waals surface area contributed by atoms with Crippen LogP contribution in [-0.2, 0) is 0 Å². The first-order valence-corrected chi connectivity index (χ1v) is 6.66. The number of amides is 1.